The molecule has 1 aromatic heterocycles. The number of hydrogen-bond donors (Lipinski definition) is 3. The Bertz CT molecular complexity index is 898. The molecule has 1 heterocycles. The van der Waals surface area contributed by atoms with Gasteiger partial charge in [-0.1, -0.05) is 36.4 Å². The predicted octanol–water partition coefficient (Wildman–Crippen LogP) is 2.84. The van der Waals surface area contributed by atoms with E-state index in [4.69, 9.17) is 4.74 Å². The number of benzene rings is 2. The summed E-state index contributed by atoms with van der Waals surface area (Å²) < 4.78 is 7.79. The molecule has 30 heavy (non-hydrogen) atoms. The van der Waals surface area contributed by atoms with Gasteiger partial charge in [0.1, 0.15) is 25.0 Å². The van der Waals surface area contributed by atoms with Crippen molar-refractivity contribution in [2.75, 3.05) is 6.54 Å². The molecule has 0 spiro atoms. The van der Waals surface area contributed by atoms with Gasteiger partial charge in [-0.2, -0.15) is 0 Å². The van der Waals surface area contributed by atoms with E-state index in [1.807, 2.05) is 47.0 Å². The van der Waals surface area contributed by atoms with Crippen molar-refractivity contribution in [1.82, 2.24) is 20.1 Å². The molecule has 1 unspecified atom stereocenters. The van der Waals surface area contributed by atoms with E-state index in [2.05, 4.69) is 29.4 Å². The van der Waals surface area contributed by atoms with Crippen LogP contribution in [-0.4, -0.2) is 37.1 Å². The summed E-state index contributed by atoms with van der Waals surface area (Å²) in [5.41, 5.74) is 2.30. The molecule has 3 rings (SSSR count). The van der Waals surface area contributed by atoms with Crippen molar-refractivity contribution >= 4 is 0 Å². The highest BCUT2D eigenvalue weighted by Gasteiger charge is 2.20. The molecule has 7 heteroatoms. The Balaban J connectivity index is 1.55. The smallest absolute Gasteiger partial charge is 0.125 e. The molecule has 160 valence electrons. The Morgan fingerprint density at radius 3 is 2.53 bits per heavy atom. The summed E-state index contributed by atoms with van der Waals surface area (Å²) in [4.78, 5) is 0. The molecule has 0 amide bonds. The molecule has 0 fully saturated rings. The fraction of sp³-hybridized carbons (Fsp3) is 0.391. The van der Waals surface area contributed by atoms with Crippen LogP contribution in [-0.2, 0) is 19.8 Å². The van der Waals surface area contributed by atoms with Crippen LogP contribution in [0.2, 0.25) is 0 Å². The van der Waals surface area contributed by atoms with Gasteiger partial charge in [0.2, 0.25) is 0 Å². The zero-order chi connectivity index (χ0) is 21.4. The fourth-order valence-corrected chi connectivity index (χ4v) is 3.13. The summed E-state index contributed by atoms with van der Waals surface area (Å²) in [5.74, 6) is 0.625. The van der Waals surface area contributed by atoms with Crippen LogP contribution >= 0.6 is 0 Å². The minimum Gasteiger partial charge on any atom is -0.489 e. The molecule has 0 saturated carbocycles. The number of β-amino-alcohol motifs (C(OH)–C–C–N with tert-alkyl or cyclic N) is 1. The summed E-state index contributed by atoms with van der Waals surface area (Å²) >= 11 is 0. The van der Waals surface area contributed by atoms with Gasteiger partial charge in [0.05, 0.1) is 12.7 Å². The van der Waals surface area contributed by atoms with Crippen LogP contribution in [0.4, 0.5) is 0 Å². The first-order chi connectivity index (χ1) is 14.5. The van der Waals surface area contributed by atoms with Crippen molar-refractivity contribution in [3.8, 4) is 5.75 Å². The molecular formula is C23H30N4O3. The minimum absolute atomic E-state index is 0.150. The second-order valence-corrected chi connectivity index (χ2v) is 8.03. The van der Waals surface area contributed by atoms with Crippen LogP contribution in [0.15, 0.2) is 61.2 Å². The van der Waals surface area contributed by atoms with Crippen molar-refractivity contribution < 1.29 is 14.9 Å². The van der Waals surface area contributed by atoms with Crippen molar-refractivity contribution in [2.24, 2.45) is 0 Å². The summed E-state index contributed by atoms with van der Waals surface area (Å²) in [6.07, 6.45) is 3.57. The Labute approximate surface area is 177 Å². The molecule has 0 aliphatic heterocycles. The average Bonchev–Trinajstić information content (AvgIpc) is 3.29. The molecule has 0 aliphatic rings. The van der Waals surface area contributed by atoms with E-state index in [0.29, 0.717) is 24.5 Å². The molecule has 7 nitrogen and oxygen atoms in total. The van der Waals surface area contributed by atoms with Crippen molar-refractivity contribution in [3.63, 3.8) is 0 Å². The molecular weight excluding hydrogens is 380 g/mol. The Kier molecular flexibility index (Phi) is 7.57. The van der Waals surface area contributed by atoms with E-state index in [1.54, 1.807) is 18.7 Å². The lowest BCUT2D eigenvalue weighted by Gasteiger charge is -2.28. The molecule has 1 atom stereocenters. The summed E-state index contributed by atoms with van der Waals surface area (Å²) in [6.45, 7) is 5.68. The van der Waals surface area contributed by atoms with E-state index in [-0.39, 0.29) is 12.1 Å². The fourth-order valence-electron chi connectivity index (χ4n) is 3.13. The lowest BCUT2D eigenvalue weighted by molar-refractivity contribution is 0.157. The third-order valence-electron chi connectivity index (χ3n) is 5.11. The van der Waals surface area contributed by atoms with Crippen molar-refractivity contribution in [2.45, 2.75) is 51.7 Å². The van der Waals surface area contributed by atoms with Gasteiger partial charge in [0.25, 0.3) is 0 Å². The molecule has 3 N–H and O–H groups in total. The first-order valence-corrected chi connectivity index (χ1v) is 10.1. The normalized spacial score (nSPS) is 12.7. The van der Waals surface area contributed by atoms with Gasteiger partial charge >= 0.3 is 0 Å². The second-order valence-electron chi connectivity index (χ2n) is 8.03. The topological polar surface area (TPSA) is 92.4 Å². The van der Waals surface area contributed by atoms with Crippen LogP contribution in [0.1, 0.15) is 43.1 Å². The monoisotopic (exact) mass is 410 g/mol. The highest BCUT2D eigenvalue weighted by atomic mass is 16.5. The van der Waals surface area contributed by atoms with Crippen LogP contribution < -0.4 is 10.1 Å². The number of hydrogen-bond acceptors (Lipinski definition) is 6. The maximum atomic E-state index is 10.6. The van der Waals surface area contributed by atoms with E-state index < -0.39 is 6.10 Å². The van der Waals surface area contributed by atoms with E-state index >= 15 is 0 Å². The zero-order valence-corrected chi connectivity index (χ0v) is 17.5. The van der Waals surface area contributed by atoms with Crippen LogP contribution in [0.3, 0.4) is 0 Å². The lowest BCUT2D eigenvalue weighted by atomic mass is 9.99. The number of ether oxygens (including phenoxy) is 1. The summed E-state index contributed by atoms with van der Waals surface area (Å²) in [7, 11) is 0. The van der Waals surface area contributed by atoms with Gasteiger partial charge in [-0.05, 0) is 43.5 Å². The SMILES string of the molecule is CC(C)(CCn1cnnc1)NCC(O)c1ccc(OCc2ccccc2)c(CO)c1. The minimum atomic E-state index is -0.687. The van der Waals surface area contributed by atoms with Crippen LogP contribution in [0.5, 0.6) is 5.75 Å². The maximum absolute atomic E-state index is 10.6. The predicted molar refractivity (Wildman–Crippen MR) is 115 cm³/mol. The van der Waals surface area contributed by atoms with Gasteiger partial charge in [0.15, 0.2) is 0 Å². The van der Waals surface area contributed by atoms with Crippen molar-refractivity contribution in [1.29, 1.82) is 0 Å². The maximum Gasteiger partial charge on any atom is 0.125 e. The van der Waals surface area contributed by atoms with Gasteiger partial charge in [-0.3, -0.25) is 0 Å². The third kappa shape index (κ3) is 6.38. The zero-order valence-electron chi connectivity index (χ0n) is 17.5. The number of aryl methyl sites for hydroxylation is 1. The van der Waals surface area contributed by atoms with Gasteiger partial charge < -0.3 is 24.8 Å². The standard InChI is InChI=1S/C23H30N4O3/c1-23(2,10-11-27-16-25-26-17-27)24-13-21(29)19-8-9-22(20(12-19)14-28)30-15-18-6-4-3-5-7-18/h3-9,12,16-17,21,24,28-29H,10-11,13-15H2,1-2H3. The van der Waals surface area contributed by atoms with Crippen LogP contribution in [0, 0.1) is 0 Å². The number of nitrogens with one attached hydrogen (secondary N) is 1. The lowest BCUT2D eigenvalue weighted by Crippen LogP contribution is -2.42. The molecule has 2 aromatic carbocycles. The van der Waals surface area contributed by atoms with Gasteiger partial charge in [0, 0.05) is 24.2 Å². The number of nitrogens with zero attached hydrogens (tertiary/aromatic N) is 3. The number of rotatable bonds is 11. The van der Waals surface area contributed by atoms with Crippen molar-refractivity contribution in [3.05, 3.63) is 77.9 Å². The van der Waals surface area contributed by atoms with Crippen LogP contribution in [0.25, 0.3) is 0 Å². The average molecular weight is 411 g/mol. The first-order valence-electron chi connectivity index (χ1n) is 10.1. The number of aliphatic hydroxyl groups excluding tert-OH is 2. The largest absolute Gasteiger partial charge is 0.489 e. The molecule has 0 bridgehead atoms. The summed E-state index contributed by atoms with van der Waals surface area (Å²) in [6, 6.07) is 15.3. The van der Waals surface area contributed by atoms with Gasteiger partial charge in [-0.25, -0.2) is 0 Å². The Morgan fingerprint density at radius 1 is 1.10 bits per heavy atom. The third-order valence-corrected chi connectivity index (χ3v) is 5.11. The Morgan fingerprint density at radius 2 is 1.83 bits per heavy atom. The molecule has 0 aliphatic carbocycles. The van der Waals surface area contributed by atoms with E-state index in [0.717, 1.165) is 24.1 Å². The molecule has 0 radical (unpaired) electrons. The second kappa shape index (κ2) is 10.3. The van der Waals surface area contributed by atoms with E-state index in [1.165, 1.54) is 0 Å². The van der Waals surface area contributed by atoms with E-state index in [9.17, 15) is 10.2 Å². The number of aliphatic hydroxyl groups is 2. The first kappa shape index (κ1) is 22.0. The van der Waals surface area contributed by atoms with Gasteiger partial charge in [-0.15, -0.1) is 10.2 Å². The highest BCUT2D eigenvalue weighted by Crippen LogP contribution is 2.25. The molecule has 3 aromatic rings. The highest BCUT2D eigenvalue weighted by molar-refractivity contribution is 5.38. The number of aromatic nitrogens is 3. The summed E-state index contributed by atoms with van der Waals surface area (Å²) in [5, 5.41) is 31.4. The Hall–Kier alpha value is -2.74. The molecule has 0 saturated heterocycles. The quantitative estimate of drug-likeness (QED) is 0.450.